The fraction of sp³-hybridized carbons (Fsp3) is 0.800. The Morgan fingerprint density at radius 3 is 2.64 bits per heavy atom. The largest absolute Gasteiger partial charge is 0.391 e. The van der Waals surface area contributed by atoms with Crippen molar-refractivity contribution in [3.05, 3.63) is 12.7 Å². The lowest BCUT2D eigenvalue weighted by atomic mass is 9.88. The van der Waals surface area contributed by atoms with Crippen molar-refractivity contribution in [2.75, 3.05) is 20.3 Å². The Balaban J connectivity index is 3.21. The molecule has 0 aromatic heterocycles. The highest BCUT2D eigenvalue weighted by atomic mass is 16.8. The van der Waals surface area contributed by atoms with Crippen molar-refractivity contribution >= 4 is 5.91 Å². The van der Waals surface area contributed by atoms with Gasteiger partial charge in [-0.25, -0.2) is 0 Å². The average molecular weight is 364 g/mol. The van der Waals surface area contributed by atoms with Crippen LogP contribution in [0.5, 0.6) is 0 Å². The van der Waals surface area contributed by atoms with Crippen molar-refractivity contribution in [3.8, 4) is 0 Å². The molecule has 25 heavy (non-hydrogen) atoms. The molecule has 1 rings (SSSR count). The molecule has 7 unspecified atom stereocenters. The standard InChI is InChI=1S/C15H28N2O8/c1-4-5-24-15(14(22)23-3)6-9(19)11(17-8(2)18)13(25-15)12(21)10(20)7-16/h4,9-14,19-22H,1,5-7,16H2,2-3H3,(H,17,18). The summed E-state index contributed by atoms with van der Waals surface area (Å²) in [5.41, 5.74) is 5.36. The van der Waals surface area contributed by atoms with Gasteiger partial charge in [-0.2, -0.15) is 0 Å². The molecular weight excluding hydrogens is 336 g/mol. The summed E-state index contributed by atoms with van der Waals surface area (Å²) in [7, 11) is 1.21. The molecule has 0 aliphatic carbocycles. The normalized spacial score (nSPS) is 33.3. The molecule has 0 aromatic carbocycles. The predicted molar refractivity (Wildman–Crippen MR) is 86.1 cm³/mol. The second-order valence-electron chi connectivity index (χ2n) is 5.87. The molecule has 7 atom stereocenters. The Morgan fingerprint density at radius 1 is 1.52 bits per heavy atom. The first-order valence-electron chi connectivity index (χ1n) is 7.87. The first-order valence-corrected chi connectivity index (χ1v) is 7.87. The van der Waals surface area contributed by atoms with Gasteiger partial charge < -0.3 is 45.7 Å². The highest BCUT2D eigenvalue weighted by molar-refractivity contribution is 5.73. The number of nitrogens with one attached hydrogen (secondary N) is 1. The molecule has 146 valence electrons. The van der Waals surface area contributed by atoms with Crippen molar-refractivity contribution in [3.63, 3.8) is 0 Å². The van der Waals surface area contributed by atoms with Crippen LogP contribution in [0.15, 0.2) is 12.7 Å². The lowest BCUT2D eigenvalue weighted by Crippen LogP contribution is -2.68. The van der Waals surface area contributed by atoms with E-state index in [1.807, 2.05) is 0 Å². The number of aliphatic hydroxyl groups excluding tert-OH is 4. The Labute approximate surface area is 146 Å². The van der Waals surface area contributed by atoms with Crippen LogP contribution in [0.1, 0.15) is 13.3 Å². The summed E-state index contributed by atoms with van der Waals surface area (Å²) in [6.45, 7) is 4.41. The van der Waals surface area contributed by atoms with Gasteiger partial charge in [0.05, 0.1) is 24.9 Å². The Hall–Kier alpha value is -1.11. The zero-order valence-electron chi connectivity index (χ0n) is 14.4. The topological polar surface area (TPSA) is 164 Å². The van der Waals surface area contributed by atoms with Crippen molar-refractivity contribution in [2.24, 2.45) is 5.73 Å². The Morgan fingerprint density at radius 2 is 2.16 bits per heavy atom. The third-order valence-corrected chi connectivity index (χ3v) is 3.98. The highest BCUT2D eigenvalue weighted by Crippen LogP contribution is 2.35. The van der Waals surface area contributed by atoms with Crippen LogP contribution in [-0.2, 0) is 19.0 Å². The second-order valence-corrected chi connectivity index (χ2v) is 5.87. The van der Waals surface area contributed by atoms with Crippen LogP contribution < -0.4 is 11.1 Å². The molecule has 7 N–H and O–H groups in total. The van der Waals surface area contributed by atoms with Gasteiger partial charge in [0.2, 0.25) is 18.0 Å². The number of ether oxygens (including phenoxy) is 3. The van der Waals surface area contributed by atoms with Crippen LogP contribution in [0, 0.1) is 0 Å². The molecule has 0 radical (unpaired) electrons. The predicted octanol–water partition coefficient (Wildman–Crippen LogP) is -2.81. The van der Waals surface area contributed by atoms with Crippen molar-refractivity contribution in [1.82, 2.24) is 5.32 Å². The summed E-state index contributed by atoms with van der Waals surface area (Å²) in [6.07, 6.45) is -6.00. The molecule has 0 aromatic rings. The first-order chi connectivity index (χ1) is 11.7. The summed E-state index contributed by atoms with van der Waals surface area (Å²) in [6, 6.07) is -1.06. The number of hydrogen-bond donors (Lipinski definition) is 6. The summed E-state index contributed by atoms with van der Waals surface area (Å²) in [4.78, 5) is 11.4. The monoisotopic (exact) mass is 364 g/mol. The fourth-order valence-corrected chi connectivity index (χ4v) is 2.75. The number of hydrogen-bond acceptors (Lipinski definition) is 9. The molecule has 1 heterocycles. The maximum Gasteiger partial charge on any atom is 0.223 e. The van der Waals surface area contributed by atoms with E-state index >= 15 is 0 Å². The zero-order valence-corrected chi connectivity index (χ0v) is 14.4. The van der Waals surface area contributed by atoms with Gasteiger partial charge in [-0.05, 0) is 0 Å². The van der Waals surface area contributed by atoms with Gasteiger partial charge in [-0.15, -0.1) is 6.58 Å². The molecule has 10 heteroatoms. The molecule has 0 saturated carbocycles. The zero-order chi connectivity index (χ0) is 19.2. The van der Waals surface area contributed by atoms with Crippen LogP contribution in [0.4, 0.5) is 0 Å². The number of rotatable bonds is 9. The van der Waals surface area contributed by atoms with Gasteiger partial charge in [0.15, 0.2) is 0 Å². The van der Waals surface area contributed by atoms with E-state index in [1.165, 1.54) is 20.1 Å². The van der Waals surface area contributed by atoms with Crippen LogP contribution in [0.25, 0.3) is 0 Å². The molecule has 10 nitrogen and oxygen atoms in total. The van der Waals surface area contributed by atoms with E-state index in [1.54, 1.807) is 0 Å². The van der Waals surface area contributed by atoms with E-state index in [9.17, 15) is 25.2 Å². The fourth-order valence-electron chi connectivity index (χ4n) is 2.75. The molecule has 1 aliphatic rings. The molecule has 1 saturated heterocycles. The van der Waals surface area contributed by atoms with Crippen LogP contribution in [-0.4, -0.2) is 89.1 Å². The number of aliphatic hydroxyl groups is 4. The average Bonchev–Trinajstić information content (AvgIpc) is 2.59. The molecule has 1 fully saturated rings. The minimum absolute atomic E-state index is 0.0415. The minimum Gasteiger partial charge on any atom is -0.391 e. The summed E-state index contributed by atoms with van der Waals surface area (Å²) >= 11 is 0. The van der Waals surface area contributed by atoms with E-state index in [2.05, 4.69) is 11.9 Å². The van der Waals surface area contributed by atoms with E-state index < -0.39 is 48.4 Å². The van der Waals surface area contributed by atoms with Crippen molar-refractivity contribution in [1.29, 1.82) is 0 Å². The SMILES string of the molecule is C=CCOC1(C(O)OC)CC(O)C(NC(C)=O)C(C(O)C(O)CN)O1. The van der Waals surface area contributed by atoms with E-state index in [-0.39, 0.29) is 19.6 Å². The number of carbonyl (C=O) groups excluding carboxylic acids is 1. The molecular formula is C15H28N2O8. The molecule has 1 aliphatic heterocycles. The quantitative estimate of drug-likeness (QED) is 0.187. The van der Waals surface area contributed by atoms with Gasteiger partial charge in [0, 0.05) is 27.0 Å². The van der Waals surface area contributed by atoms with Crippen molar-refractivity contribution in [2.45, 2.75) is 55.9 Å². The lowest BCUT2D eigenvalue weighted by Gasteiger charge is -2.49. The number of amides is 1. The third kappa shape index (κ3) is 5.19. The van der Waals surface area contributed by atoms with Gasteiger partial charge in [-0.1, -0.05) is 6.08 Å². The van der Waals surface area contributed by atoms with Crippen LogP contribution >= 0.6 is 0 Å². The maximum atomic E-state index is 11.4. The Bertz CT molecular complexity index is 451. The van der Waals surface area contributed by atoms with Gasteiger partial charge in [0.1, 0.15) is 12.2 Å². The first kappa shape index (κ1) is 21.9. The highest BCUT2D eigenvalue weighted by Gasteiger charge is 2.55. The van der Waals surface area contributed by atoms with Gasteiger partial charge >= 0.3 is 0 Å². The molecule has 0 bridgehead atoms. The lowest BCUT2D eigenvalue weighted by molar-refractivity contribution is -0.383. The smallest absolute Gasteiger partial charge is 0.223 e. The number of methoxy groups -OCH3 is 1. The second kappa shape index (κ2) is 9.55. The maximum absolute atomic E-state index is 11.4. The number of nitrogens with two attached hydrogens (primary N) is 1. The summed E-state index contributed by atoms with van der Waals surface area (Å²) in [5, 5.41) is 43.3. The van der Waals surface area contributed by atoms with Gasteiger partial charge in [0.25, 0.3) is 0 Å². The molecule has 1 amide bonds. The summed E-state index contributed by atoms with van der Waals surface area (Å²) in [5.74, 6) is -2.31. The number of carbonyl (C=O) groups is 1. The summed E-state index contributed by atoms with van der Waals surface area (Å²) < 4.78 is 16.1. The third-order valence-electron chi connectivity index (χ3n) is 3.98. The van der Waals surface area contributed by atoms with Gasteiger partial charge in [-0.3, -0.25) is 4.79 Å². The van der Waals surface area contributed by atoms with Crippen LogP contribution in [0.2, 0.25) is 0 Å². The molecule has 0 spiro atoms. The van der Waals surface area contributed by atoms with Crippen LogP contribution in [0.3, 0.4) is 0 Å². The van der Waals surface area contributed by atoms with E-state index in [4.69, 9.17) is 19.9 Å². The minimum atomic E-state index is -1.84. The van der Waals surface area contributed by atoms with E-state index in [0.717, 1.165) is 0 Å². The Kier molecular flexibility index (Phi) is 8.38. The van der Waals surface area contributed by atoms with E-state index in [0.29, 0.717) is 0 Å². The van der Waals surface area contributed by atoms with Crippen molar-refractivity contribution < 1.29 is 39.4 Å².